The second-order valence-corrected chi connectivity index (χ2v) is 11.1. The zero-order valence-electron chi connectivity index (χ0n) is 16.6. The average Bonchev–Trinajstić information content (AvgIpc) is 3.10. The van der Waals surface area contributed by atoms with Crippen molar-refractivity contribution in [1.82, 2.24) is 0 Å². The number of rotatable bonds is 4. The van der Waals surface area contributed by atoms with Crippen molar-refractivity contribution in [1.29, 1.82) is 0 Å². The van der Waals surface area contributed by atoms with Crippen LogP contribution in [0.4, 0.5) is 0 Å². The normalized spacial score (nSPS) is 12.4. The molecule has 0 fully saturated rings. The van der Waals surface area contributed by atoms with Crippen LogP contribution in [0.2, 0.25) is 0 Å². The first-order valence-electron chi connectivity index (χ1n) is 9.59. The summed E-state index contributed by atoms with van der Waals surface area (Å²) in [7, 11) is -2.83. The molecule has 0 aliphatic carbocycles. The van der Waals surface area contributed by atoms with E-state index in [1.165, 1.54) is 5.56 Å². The summed E-state index contributed by atoms with van der Waals surface area (Å²) in [6.45, 7) is 6.60. The lowest BCUT2D eigenvalue weighted by Gasteiger charge is -2.20. The Labute approximate surface area is 166 Å². The van der Waals surface area contributed by atoms with Crippen LogP contribution >= 0.6 is 7.14 Å². The predicted octanol–water partition coefficient (Wildman–Crippen LogP) is 6.24. The highest BCUT2D eigenvalue weighted by molar-refractivity contribution is 7.78. The Morgan fingerprint density at radius 1 is 0.821 bits per heavy atom. The molecule has 0 amide bonds. The molecule has 3 heteroatoms. The minimum absolute atomic E-state index is 0.0469. The van der Waals surface area contributed by atoms with Gasteiger partial charge in [-0.3, -0.25) is 0 Å². The number of fused-ring (bicyclic) bond motifs is 1. The lowest BCUT2D eigenvalue weighted by molar-refractivity contribution is 0.584. The van der Waals surface area contributed by atoms with Crippen LogP contribution in [0, 0.1) is 0 Å². The lowest BCUT2D eigenvalue weighted by Crippen LogP contribution is -2.17. The van der Waals surface area contributed by atoms with Crippen LogP contribution < -0.4 is 10.6 Å². The highest BCUT2D eigenvalue weighted by Gasteiger charge is 2.29. The third-order valence-electron chi connectivity index (χ3n) is 5.26. The summed E-state index contributed by atoms with van der Waals surface area (Å²) in [5, 5.41) is 2.81. The molecule has 0 radical (unpaired) electrons. The topological polar surface area (TPSA) is 30.2 Å². The molecule has 4 rings (SSSR count). The molecule has 0 N–H and O–H groups in total. The van der Waals surface area contributed by atoms with Gasteiger partial charge in [-0.15, -0.1) is 0 Å². The van der Waals surface area contributed by atoms with Gasteiger partial charge in [0.25, 0.3) is 0 Å². The van der Waals surface area contributed by atoms with E-state index in [-0.39, 0.29) is 5.41 Å². The Kier molecular flexibility index (Phi) is 4.77. The summed E-state index contributed by atoms with van der Waals surface area (Å²) < 4.78 is 20.2. The molecule has 0 saturated carbocycles. The van der Waals surface area contributed by atoms with Crippen LogP contribution in [0.15, 0.2) is 89.5 Å². The average molecular weight is 388 g/mol. The SMILES string of the molecule is CC(C)(C)c1ccc2occ(CP(=O)(c3ccccc3)c3ccccc3)c2c1. The molecule has 3 aromatic carbocycles. The largest absolute Gasteiger partial charge is 0.464 e. The minimum Gasteiger partial charge on any atom is -0.464 e. The van der Waals surface area contributed by atoms with Crippen molar-refractivity contribution >= 4 is 28.7 Å². The summed E-state index contributed by atoms with van der Waals surface area (Å²) >= 11 is 0. The smallest absolute Gasteiger partial charge is 0.147 e. The van der Waals surface area contributed by atoms with Gasteiger partial charge in [0, 0.05) is 27.7 Å². The van der Waals surface area contributed by atoms with Crippen molar-refractivity contribution in [2.45, 2.75) is 32.3 Å². The second-order valence-electron chi connectivity index (χ2n) is 8.29. The van der Waals surface area contributed by atoms with E-state index < -0.39 is 7.14 Å². The first kappa shape index (κ1) is 18.8. The molecule has 0 bridgehead atoms. The molecule has 0 atom stereocenters. The Balaban J connectivity index is 1.85. The first-order valence-corrected chi connectivity index (χ1v) is 11.5. The molecule has 0 unspecified atom stereocenters. The first-order chi connectivity index (χ1) is 13.4. The van der Waals surface area contributed by atoms with Gasteiger partial charge in [-0.1, -0.05) is 87.5 Å². The van der Waals surface area contributed by atoms with Crippen molar-refractivity contribution in [3.63, 3.8) is 0 Å². The van der Waals surface area contributed by atoms with Crippen molar-refractivity contribution < 1.29 is 8.98 Å². The van der Waals surface area contributed by atoms with Crippen LogP contribution in [0.5, 0.6) is 0 Å². The second kappa shape index (κ2) is 7.11. The van der Waals surface area contributed by atoms with Gasteiger partial charge in [-0.05, 0) is 23.1 Å². The van der Waals surface area contributed by atoms with Crippen LogP contribution in [0.3, 0.4) is 0 Å². The van der Waals surface area contributed by atoms with E-state index in [4.69, 9.17) is 4.42 Å². The van der Waals surface area contributed by atoms with E-state index >= 15 is 0 Å². The Morgan fingerprint density at radius 2 is 1.39 bits per heavy atom. The van der Waals surface area contributed by atoms with Gasteiger partial charge in [-0.25, -0.2) is 0 Å². The summed E-state index contributed by atoms with van der Waals surface area (Å²) in [6.07, 6.45) is 2.22. The number of hydrogen-bond donors (Lipinski definition) is 0. The molecular weight excluding hydrogens is 363 g/mol. The molecule has 4 aromatic rings. The maximum Gasteiger partial charge on any atom is 0.147 e. The van der Waals surface area contributed by atoms with Crippen molar-refractivity contribution in [2.24, 2.45) is 0 Å². The standard InChI is InChI=1S/C25H25O2P/c1-25(2,3)20-14-15-24-23(16-20)19(17-27-24)18-28(26,21-10-6-4-7-11-21)22-12-8-5-9-13-22/h4-17H,18H2,1-3H3. The lowest BCUT2D eigenvalue weighted by atomic mass is 9.86. The summed E-state index contributed by atoms with van der Waals surface area (Å²) in [5.74, 6) is 0. The van der Waals surface area contributed by atoms with Crippen molar-refractivity contribution in [3.8, 4) is 0 Å². The zero-order valence-corrected chi connectivity index (χ0v) is 17.4. The van der Waals surface area contributed by atoms with Crippen LogP contribution in [0.25, 0.3) is 11.0 Å². The molecular formula is C25H25O2P. The molecule has 142 valence electrons. The maximum atomic E-state index is 14.4. The fourth-order valence-electron chi connectivity index (χ4n) is 3.58. The van der Waals surface area contributed by atoms with E-state index in [1.54, 1.807) is 6.26 Å². The quantitative estimate of drug-likeness (QED) is 0.387. The molecule has 2 nitrogen and oxygen atoms in total. The van der Waals surface area contributed by atoms with E-state index in [0.717, 1.165) is 27.1 Å². The Bertz CT molecular complexity index is 1090. The highest BCUT2D eigenvalue weighted by atomic mass is 31.2. The van der Waals surface area contributed by atoms with E-state index in [2.05, 4.69) is 32.9 Å². The van der Waals surface area contributed by atoms with Crippen LogP contribution in [0.1, 0.15) is 31.9 Å². The number of furan rings is 1. The van der Waals surface area contributed by atoms with E-state index in [1.807, 2.05) is 66.7 Å². The van der Waals surface area contributed by atoms with E-state index in [9.17, 15) is 4.57 Å². The Morgan fingerprint density at radius 3 is 1.93 bits per heavy atom. The van der Waals surface area contributed by atoms with Gasteiger partial charge in [0.05, 0.1) is 6.26 Å². The molecule has 1 aromatic heterocycles. The zero-order chi connectivity index (χ0) is 19.8. The van der Waals surface area contributed by atoms with Crippen LogP contribution in [-0.2, 0) is 16.1 Å². The van der Waals surface area contributed by atoms with Gasteiger partial charge < -0.3 is 8.98 Å². The predicted molar refractivity (Wildman–Crippen MR) is 118 cm³/mol. The van der Waals surface area contributed by atoms with Crippen molar-refractivity contribution in [3.05, 3.63) is 96.3 Å². The molecule has 0 spiro atoms. The van der Waals surface area contributed by atoms with Crippen LogP contribution in [-0.4, -0.2) is 0 Å². The molecule has 1 heterocycles. The molecule has 0 aliphatic rings. The summed E-state index contributed by atoms with van der Waals surface area (Å²) in [5.41, 5.74) is 3.13. The third-order valence-corrected chi connectivity index (χ3v) is 8.31. The fourth-order valence-corrected chi connectivity index (χ4v) is 6.28. The van der Waals surface area contributed by atoms with Gasteiger partial charge in [0.15, 0.2) is 0 Å². The maximum absolute atomic E-state index is 14.4. The Hall–Kier alpha value is -2.57. The monoisotopic (exact) mass is 388 g/mol. The number of benzene rings is 3. The van der Waals surface area contributed by atoms with E-state index in [0.29, 0.717) is 6.16 Å². The van der Waals surface area contributed by atoms with Crippen molar-refractivity contribution in [2.75, 3.05) is 0 Å². The molecule has 0 aliphatic heterocycles. The highest BCUT2D eigenvalue weighted by Crippen LogP contribution is 2.48. The summed E-state index contributed by atoms with van der Waals surface area (Å²) in [4.78, 5) is 0. The summed E-state index contributed by atoms with van der Waals surface area (Å²) in [6, 6.07) is 25.9. The molecule has 28 heavy (non-hydrogen) atoms. The number of hydrogen-bond acceptors (Lipinski definition) is 2. The molecule has 0 saturated heterocycles. The fraction of sp³-hybridized carbons (Fsp3) is 0.200. The van der Waals surface area contributed by atoms with Gasteiger partial charge >= 0.3 is 0 Å². The minimum atomic E-state index is -2.83. The third kappa shape index (κ3) is 3.45. The van der Waals surface area contributed by atoms with Gasteiger partial charge in [0.2, 0.25) is 0 Å². The van der Waals surface area contributed by atoms with Gasteiger partial charge in [0.1, 0.15) is 12.7 Å². The van der Waals surface area contributed by atoms with Gasteiger partial charge in [-0.2, -0.15) is 0 Å².